The van der Waals surface area contributed by atoms with E-state index in [-0.39, 0.29) is 23.1 Å². The highest BCUT2D eigenvalue weighted by atomic mass is 35.5. The van der Waals surface area contributed by atoms with Gasteiger partial charge in [-0.05, 0) is 6.07 Å². The first-order chi connectivity index (χ1) is 8.45. The van der Waals surface area contributed by atoms with Crippen LogP contribution in [0.4, 0.5) is 5.69 Å². The molecule has 1 aromatic carbocycles. The molecule has 0 aromatic heterocycles. The number of methoxy groups -OCH3 is 1. The lowest BCUT2D eigenvalue weighted by Gasteiger charge is -2.11. The Morgan fingerprint density at radius 3 is 2.78 bits per heavy atom. The lowest BCUT2D eigenvalue weighted by molar-refractivity contribution is -0.384. The summed E-state index contributed by atoms with van der Waals surface area (Å²) in [7, 11) is 1.21. The van der Waals surface area contributed by atoms with Crippen LogP contribution in [0.25, 0.3) is 0 Å². The minimum atomic E-state index is -0.927. The summed E-state index contributed by atoms with van der Waals surface area (Å²) in [6, 6.07) is 2.93. The number of rotatable bonds is 5. The Kier molecular flexibility index (Phi) is 4.87. The smallest absolute Gasteiger partial charge is 0.326 e. The molecule has 7 nitrogen and oxygen atoms in total. The first-order valence-electron chi connectivity index (χ1n) is 4.86. The maximum absolute atomic E-state index is 11.0. The normalized spacial score (nSPS) is 11.7. The molecule has 18 heavy (non-hydrogen) atoms. The number of ether oxygens (including phenoxy) is 2. The van der Waals surface area contributed by atoms with E-state index in [1.807, 2.05) is 0 Å². The highest BCUT2D eigenvalue weighted by Gasteiger charge is 2.16. The lowest BCUT2D eigenvalue weighted by Crippen LogP contribution is -2.37. The Hall–Kier alpha value is -1.86. The van der Waals surface area contributed by atoms with Gasteiger partial charge in [0.1, 0.15) is 23.4 Å². The molecule has 98 valence electrons. The van der Waals surface area contributed by atoms with Gasteiger partial charge in [-0.2, -0.15) is 0 Å². The molecule has 0 saturated carbocycles. The number of carbonyl (C=O) groups is 1. The van der Waals surface area contributed by atoms with E-state index in [0.717, 1.165) is 0 Å². The van der Waals surface area contributed by atoms with Gasteiger partial charge in [0.15, 0.2) is 0 Å². The van der Waals surface area contributed by atoms with Crippen LogP contribution in [0.5, 0.6) is 5.75 Å². The Labute approximate surface area is 108 Å². The van der Waals surface area contributed by atoms with Gasteiger partial charge in [-0.25, -0.2) is 0 Å². The van der Waals surface area contributed by atoms with Crippen LogP contribution in [0.3, 0.4) is 0 Å². The van der Waals surface area contributed by atoms with Gasteiger partial charge in [0.2, 0.25) is 0 Å². The summed E-state index contributed by atoms with van der Waals surface area (Å²) in [4.78, 5) is 20.9. The molecule has 0 aliphatic rings. The van der Waals surface area contributed by atoms with Crippen LogP contribution < -0.4 is 10.5 Å². The number of esters is 1. The number of hydrogen-bond donors (Lipinski definition) is 1. The van der Waals surface area contributed by atoms with Gasteiger partial charge in [-0.3, -0.25) is 14.9 Å². The van der Waals surface area contributed by atoms with E-state index < -0.39 is 16.9 Å². The zero-order chi connectivity index (χ0) is 13.7. The Morgan fingerprint density at radius 1 is 1.61 bits per heavy atom. The molecule has 1 aromatic rings. The van der Waals surface area contributed by atoms with Crippen molar-refractivity contribution in [3.8, 4) is 5.75 Å². The summed E-state index contributed by atoms with van der Waals surface area (Å²) < 4.78 is 9.59. The largest absolute Gasteiger partial charge is 0.491 e. The van der Waals surface area contributed by atoms with Crippen molar-refractivity contribution in [3.63, 3.8) is 0 Å². The fourth-order valence-corrected chi connectivity index (χ4v) is 1.37. The number of nitro groups is 1. The quantitative estimate of drug-likeness (QED) is 0.490. The average molecular weight is 275 g/mol. The molecular weight excluding hydrogens is 264 g/mol. The second-order valence-corrected chi connectivity index (χ2v) is 3.72. The van der Waals surface area contributed by atoms with Crippen LogP contribution in [0.15, 0.2) is 18.2 Å². The molecule has 1 rings (SSSR count). The first kappa shape index (κ1) is 14.2. The van der Waals surface area contributed by atoms with Gasteiger partial charge in [0.25, 0.3) is 5.69 Å². The van der Waals surface area contributed by atoms with Crippen molar-refractivity contribution in [3.05, 3.63) is 33.3 Å². The number of nitrogens with zero attached hydrogens (tertiary/aromatic N) is 1. The van der Waals surface area contributed by atoms with Crippen molar-refractivity contribution in [2.75, 3.05) is 13.7 Å². The zero-order valence-electron chi connectivity index (χ0n) is 9.46. The van der Waals surface area contributed by atoms with E-state index in [4.69, 9.17) is 22.1 Å². The summed E-state index contributed by atoms with van der Waals surface area (Å²) in [5.41, 5.74) is 5.23. The Bertz CT molecular complexity index is 466. The van der Waals surface area contributed by atoms with E-state index in [1.165, 1.54) is 25.3 Å². The lowest BCUT2D eigenvalue weighted by atomic mass is 10.3. The molecule has 0 heterocycles. The van der Waals surface area contributed by atoms with Gasteiger partial charge in [-0.15, -0.1) is 0 Å². The average Bonchev–Trinajstić information content (AvgIpc) is 2.34. The van der Waals surface area contributed by atoms with E-state index in [0.29, 0.717) is 0 Å². The van der Waals surface area contributed by atoms with Crippen molar-refractivity contribution in [2.45, 2.75) is 6.04 Å². The molecule has 1 atom stereocenters. The van der Waals surface area contributed by atoms with Crippen molar-refractivity contribution in [1.82, 2.24) is 0 Å². The third-order valence-corrected chi connectivity index (χ3v) is 2.35. The van der Waals surface area contributed by atoms with E-state index >= 15 is 0 Å². The first-order valence-corrected chi connectivity index (χ1v) is 5.23. The zero-order valence-corrected chi connectivity index (χ0v) is 10.2. The number of benzene rings is 1. The minimum absolute atomic E-state index is 0.0517. The molecule has 0 amide bonds. The summed E-state index contributed by atoms with van der Waals surface area (Å²) in [6.07, 6.45) is 0. The molecule has 8 heteroatoms. The van der Waals surface area contributed by atoms with Crippen LogP contribution in [-0.2, 0) is 9.53 Å². The predicted molar refractivity (Wildman–Crippen MR) is 63.6 cm³/mol. The number of nitro benzene ring substituents is 1. The molecule has 0 saturated heterocycles. The van der Waals surface area contributed by atoms with Gasteiger partial charge >= 0.3 is 5.97 Å². The Morgan fingerprint density at radius 2 is 2.28 bits per heavy atom. The second kappa shape index (κ2) is 6.18. The van der Waals surface area contributed by atoms with Crippen LogP contribution in [-0.4, -0.2) is 30.7 Å². The summed E-state index contributed by atoms with van der Waals surface area (Å²) in [5.74, 6) is -0.326. The molecule has 0 aliphatic heterocycles. The van der Waals surface area contributed by atoms with Gasteiger partial charge in [-0.1, -0.05) is 11.6 Å². The summed E-state index contributed by atoms with van der Waals surface area (Å²) in [5, 5.41) is 10.5. The number of nitrogens with two attached hydrogens (primary N) is 1. The maximum Gasteiger partial charge on any atom is 0.326 e. The van der Waals surface area contributed by atoms with E-state index in [2.05, 4.69) is 4.74 Å². The standard InChI is InChI=1S/C10H11ClN2O5/c1-17-10(14)8(12)5-18-6-2-3-9(13(15)16)7(11)4-6/h2-4,8H,5,12H2,1H3. The van der Waals surface area contributed by atoms with Crippen molar-refractivity contribution < 1.29 is 19.2 Å². The topological polar surface area (TPSA) is 105 Å². The molecule has 0 aliphatic carbocycles. The number of hydrogen-bond acceptors (Lipinski definition) is 6. The third kappa shape index (κ3) is 3.57. The highest BCUT2D eigenvalue weighted by Crippen LogP contribution is 2.28. The molecule has 0 radical (unpaired) electrons. The summed E-state index contributed by atoms with van der Waals surface area (Å²) in [6.45, 7) is -0.110. The maximum atomic E-state index is 11.0. The van der Waals surface area contributed by atoms with E-state index in [1.54, 1.807) is 0 Å². The van der Waals surface area contributed by atoms with Crippen LogP contribution >= 0.6 is 11.6 Å². The molecule has 2 N–H and O–H groups in total. The molecule has 0 fully saturated rings. The second-order valence-electron chi connectivity index (χ2n) is 3.31. The monoisotopic (exact) mass is 274 g/mol. The molecule has 0 bridgehead atoms. The van der Waals surface area contributed by atoms with Crippen molar-refractivity contribution in [2.24, 2.45) is 5.73 Å². The third-order valence-electron chi connectivity index (χ3n) is 2.05. The highest BCUT2D eigenvalue weighted by molar-refractivity contribution is 6.32. The van der Waals surface area contributed by atoms with Crippen LogP contribution in [0.2, 0.25) is 5.02 Å². The fraction of sp³-hybridized carbons (Fsp3) is 0.300. The van der Waals surface area contributed by atoms with Crippen molar-refractivity contribution in [1.29, 1.82) is 0 Å². The minimum Gasteiger partial charge on any atom is -0.491 e. The SMILES string of the molecule is COC(=O)C(N)COc1ccc([N+](=O)[O-])c(Cl)c1. The number of halogens is 1. The Balaban J connectivity index is 2.67. The molecule has 0 spiro atoms. The van der Waals surface area contributed by atoms with Crippen LogP contribution in [0.1, 0.15) is 0 Å². The summed E-state index contributed by atoms with van der Waals surface area (Å²) >= 11 is 5.68. The molecule has 1 unspecified atom stereocenters. The van der Waals surface area contributed by atoms with Crippen molar-refractivity contribution >= 4 is 23.3 Å². The fourth-order valence-electron chi connectivity index (χ4n) is 1.13. The molecular formula is C10H11ClN2O5. The number of carbonyl (C=O) groups excluding carboxylic acids is 1. The van der Waals surface area contributed by atoms with E-state index in [9.17, 15) is 14.9 Å². The van der Waals surface area contributed by atoms with Gasteiger partial charge in [0, 0.05) is 12.1 Å². The van der Waals surface area contributed by atoms with Crippen LogP contribution in [0, 0.1) is 10.1 Å². The predicted octanol–water partition coefficient (Wildman–Crippen LogP) is 1.13. The van der Waals surface area contributed by atoms with Gasteiger partial charge in [0.05, 0.1) is 12.0 Å². The van der Waals surface area contributed by atoms with Gasteiger partial charge < -0.3 is 15.2 Å².